The average molecular weight is 485 g/mol. The standard InChI is InChI=1S/C38H28/c1-2-10-28(11-3-1)29-21-18-26(19-22-29)24-27-20-23-33-32-14-6-9-17-36(32)38(37(33)25-27)34-15-7-4-12-30(34)31-13-5-8-16-35(31)38/h2,4-23,25H,1,3,24H2. The van der Waals surface area contributed by atoms with Gasteiger partial charge in [-0.15, -0.1) is 0 Å². The summed E-state index contributed by atoms with van der Waals surface area (Å²) in [4.78, 5) is 0. The van der Waals surface area contributed by atoms with Gasteiger partial charge in [0.25, 0.3) is 0 Å². The third-order valence-corrected chi connectivity index (χ3v) is 8.75. The summed E-state index contributed by atoms with van der Waals surface area (Å²) in [5, 5.41) is 0. The second-order valence-electron chi connectivity index (χ2n) is 10.8. The Morgan fingerprint density at radius 1 is 0.500 bits per heavy atom. The Bertz CT molecular complexity index is 1710. The van der Waals surface area contributed by atoms with Gasteiger partial charge in [0.05, 0.1) is 5.41 Å². The van der Waals surface area contributed by atoms with Crippen molar-refractivity contribution in [2.75, 3.05) is 0 Å². The lowest BCUT2D eigenvalue weighted by molar-refractivity contribution is 0.792. The van der Waals surface area contributed by atoms with Gasteiger partial charge in [0, 0.05) is 0 Å². The van der Waals surface area contributed by atoms with Crippen LogP contribution in [0, 0.1) is 0 Å². The average Bonchev–Trinajstić information content (AvgIpc) is 3.45. The number of benzene rings is 5. The molecular formula is C38H28. The Morgan fingerprint density at radius 3 is 1.63 bits per heavy atom. The normalized spacial score (nSPS) is 15.5. The molecule has 0 heteroatoms. The maximum Gasteiger partial charge on any atom is 0.0725 e. The molecule has 0 bridgehead atoms. The highest BCUT2D eigenvalue weighted by Gasteiger charge is 2.51. The maximum absolute atomic E-state index is 2.49. The van der Waals surface area contributed by atoms with E-state index in [4.69, 9.17) is 0 Å². The first-order valence-electron chi connectivity index (χ1n) is 13.7. The summed E-state index contributed by atoms with van der Waals surface area (Å²) in [5.41, 5.74) is 16.2. The molecule has 1 spiro atoms. The minimum Gasteiger partial charge on any atom is -0.0836 e. The summed E-state index contributed by atoms with van der Waals surface area (Å²) >= 11 is 0. The molecule has 180 valence electrons. The monoisotopic (exact) mass is 484 g/mol. The van der Waals surface area contributed by atoms with Crippen LogP contribution in [0.4, 0.5) is 0 Å². The van der Waals surface area contributed by atoms with Crippen molar-refractivity contribution in [3.63, 3.8) is 0 Å². The first kappa shape index (κ1) is 21.6. The van der Waals surface area contributed by atoms with Crippen molar-refractivity contribution in [3.05, 3.63) is 172 Å². The van der Waals surface area contributed by atoms with Crippen molar-refractivity contribution in [3.8, 4) is 22.3 Å². The molecule has 38 heavy (non-hydrogen) atoms. The van der Waals surface area contributed by atoms with Crippen LogP contribution < -0.4 is 0 Å². The van der Waals surface area contributed by atoms with Gasteiger partial charge in [-0.05, 0) is 86.0 Å². The first-order chi connectivity index (χ1) is 18.8. The van der Waals surface area contributed by atoms with E-state index in [9.17, 15) is 0 Å². The fraction of sp³-hybridized carbons (Fsp3) is 0.105. The van der Waals surface area contributed by atoms with Gasteiger partial charge in [0.15, 0.2) is 0 Å². The van der Waals surface area contributed by atoms with Crippen LogP contribution in [-0.2, 0) is 11.8 Å². The number of allylic oxidation sites excluding steroid dienone is 4. The molecule has 0 fully saturated rings. The summed E-state index contributed by atoms with van der Waals surface area (Å²) in [5.74, 6) is 0. The topological polar surface area (TPSA) is 0 Å². The predicted molar refractivity (Wildman–Crippen MR) is 158 cm³/mol. The smallest absolute Gasteiger partial charge is 0.0725 e. The van der Waals surface area contributed by atoms with Gasteiger partial charge in [-0.2, -0.15) is 0 Å². The van der Waals surface area contributed by atoms with E-state index in [1.54, 1.807) is 0 Å². The molecule has 5 aromatic rings. The highest BCUT2D eigenvalue weighted by atomic mass is 14.5. The third-order valence-electron chi connectivity index (χ3n) is 8.75. The Kier molecular flexibility index (Phi) is 4.73. The second kappa shape index (κ2) is 8.30. The number of hydrogen-bond donors (Lipinski definition) is 0. The molecule has 0 aliphatic heterocycles. The van der Waals surface area contributed by atoms with Crippen LogP contribution in [0.5, 0.6) is 0 Å². The maximum atomic E-state index is 2.49. The quantitative estimate of drug-likeness (QED) is 0.234. The van der Waals surface area contributed by atoms with E-state index in [0.717, 1.165) is 19.3 Å². The molecule has 0 radical (unpaired) electrons. The fourth-order valence-corrected chi connectivity index (χ4v) is 7.13. The molecule has 0 nitrogen and oxygen atoms in total. The summed E-state index contributed by atoms with van der Waals surface area (Å²) < 4.78 is 0. The number of fused-ring (bicyclic) bond motifs is 10. The van der Waals surface area contributed by atoms with E-state index in [-0.39, 0.29) is 5.41 Å². The van der Waals surface area contributed by atoms with Crippen molar-refractivity contribution in [1.29, 1.82) is 0 Å². The molecule has 3 aliphatic carbocycles. The van der Waals surface area contributed by atoms with Gasteiger partial charge in [-0.25, -0.2) is 0 Å². The molecule has 0 N–H and O–H groups in total. The molecule has 0 heterocycles. The van der Waals surface area contributed by atoms with Crippen LogP contribution in [0.2, 0.25) is 0 Å². The summed E-state index contributed by atoms with van der Waals surface area (Å²) in [6.45, 7) is 0. The summed E-state index contributed by atoms with van der Waals surface area (Å²) in [7, 11) is 0. The minimum atomic E-state index is -0.265. The van der Waals surface area contributed by atoms with E-state index >= 15 is 0 Å². The predicted octanol–water partition coefficient (Wildman–Crippen LogP) is 9.35. The zero-order valence-corrected chi connectivity index (χ0v) is 21.3. The van der Waals surface area contributed by atoms with Gasteiger partial charge in [-0.1, -0.05) is 133 Å². The van der Waals surface area contributed by atoms with Crippen LogP contribution in [0.3, 0.4) is 0 Å². The van der Waals surface area contributed by atoms with E-state index in [2.05, 4.69) is 133 Å². The second-order valence-corrected chi connectivity index (χ2v) is 10.8. The van der Waals surface area contributed by atoms with Crippen molar-refractivity contribution in [2.45, 2.75) is 24.7 Å². The van der Waals surface area contributed by atoms with Gasteiger partial charge >= 0.3 is 0 Å². The van der Waals surface area contributed by atoms with Crippen LogP contribution in [0.15, 0.2) is 133 Å². The van der Waals surface area contributed by atoms with Crippen molar-refractivity contribution >= 4 is 5.57 Å². The molecule has 5 aromatic carbocycles. The highest BCUT2D eigenvalue weighted by Crippen LogP contribution is 2.62. The fourth-order valence-electron chi connectivity index (χ4n) is 7.13. The minimum absolute atomic E-state index is 0.265. The Balaban J connectivity index is 1.27. The Hall–Kier alpha value is -4.42. The molecule has 0 atom stereocenters. The summed E-state index contributed by atoms with van der Waals surface area (Å²) in [6.07, 6.45) is 10.1. The molecule has 0 saturated heterocycles. The van der Waals surface area contributed by atoms with Crippen LogP contribution in [0.25, 0.3) is 27.8 Å². The van der Waals surface area contributed by atoms with Crippen LogP contribution in [0.1, 0.15) is 51.8 Å². The van der Waals surface area contributed by atoms with Crippen molar-refractivity contribution < 1.29 is 0 Å². The summed E-state index contributed by atoms with van der Waals surface area (Å²) in [6, 6.07) is 43.5. The lowest BCUT2D eigenvalue weighted by Gasteiger charge is -2.30. The molecule has 0 saturated carbocycles. The van der Waals surface area contributed by atoms with Crippen LogP contribution >= 0.6 is 0 Å². The SMILES string of the molecule is C1=CC(c2ccc(Cc3ccc4c(c3)C3(c5ccccc5-c5ccccc53)c3ccccc3-4)cc2)=CCC1. The third kappa shape index (κ3) is 2.98. The zero-order valence-electron chi connectivity index (χ0n) is 21.3. The first-order valence-corrected chi connectivity index (χ1v) is 13.7. The van der Waals surface area contributed by atoms with Gasteiger partial charge < -0.3 is 0 Å². The molecular weight excluding hydrogens is 456 g/mol. The van der Waals surface area contributed by atoms with Gasteiger partial charge in [0.1, 0.15) is 0 Å². The lowest BCUT2D eigenvalue weighted by Crippen LogP contribution is -2.26. The van der Waals surface area contributed by atoms with Crippen molar-refractivity contribution in [1.82, 2.24) is 0 Å². The van der Waals surface area contributed by atoms with Crippen LogP contribution in [-0.4, -0.2) is 0 Å². The van der Waals surface area contributed by atoms with Gasteiger partial charge in [0.2, 0.25) is 0 Å². The van der Waals surface area contributed by atoms with E-state index < -0.39 is 0 Å². The zero-order chi connectivity index (χ0) is 25.1. The number of rotatable bonds is 3. The molecule has 8 rings (SSSR count). The van der Waals surface area contributed by atoms with Crippen molar-refractivity contribution in [2.24, 2.45) is 0 Å². The largest absolute Gasteiger partial charge is 0.0836 e. The molecule has 0 aromatic heterocycles. The molecule has 0 amide bonds. The van der Waals surface area contributed by atoms with E-state index in [0.29, 0.717) is 0 Å². The van der Waals surface area contributed by atoms with Gasteiger partial charge in [-0.3, -0.25) is 0 Å². The van der Waals surface area contributed by atoms with E-state index in [1.165, 1.54) is 66.8 Å². The van der Waals surface area contributed by atoms with E-state index in [1.807, 2.05) is 0 Å². The number of hydrogen-bond acceptors (Lipinski definition) is 0. The molecule has 3 aliphatic rings. The Labute approximate surface area is 224 Å². The Morgan fingerprint density at radius 2 is 1.05 bits per heavy atom. The molecule has 0 unspecified atom stereocenters. The lowest BCUT2D eigenvalue weighted by atomic mass is 9.70. The highest BCUT2D eigenvalue weighted by molar-refractivity contribution is 5.95.